The van der Waals surface area contributed by atoms with Gasteiger partial charge in [-0.1, -0.05) is 48.5 Å². The summed E-state index contributed by atoms with van der Waals surface area (Å²) in [5, 5.41) is 22.4. The molecule has 3 aromatic carbocycles. The molecule has 0 aliphatic rings. The van der Waals surface area contributed by atoms with Gasteiger partial charge in [0.15, 0.2) is 11.9 Å². The Bertz CT molecular complexity index is 1260. The zero-order valence-electron chi connectivity index (χ0n) is 16.2. The average Bonchev–Trinajstić information content (AvgIpc) is 3.18. The minimum Gasteiger partial charge on any atom is -0.480 e. The molecule has 0 aliphatic heterocycles. The van der Waals surface area contributed by atoms with Crippen molar-refractivity contribution in [3.63, 3.8) is 0 Å². The van der Waals surface area contributed by atoms with Crippen LogP contribution in [-0.4, -0.2) is 39.4 Å². The standard InChI is InChI=1S/C23H18BrN3O3S/c24-21-16(15-5-2-1-3-6-15)7-4-8-18(21)26-22-17-10-9-14(11-20(17)31-27-22)12-25-19(13-28)23(29)30/h1-12,19,28H,13H2,(H,26,27)(H,29,30)/t19-/m0/s1. The fourth-order valence-corrected chi connectivity index (χ4v) is 4.46. The molecule has 0 saturated heterocycles. The Morgan fingerprint density at radius 2 is 1.97 bits per heavy atom. The largest absolute Gasteiger partial charge is 0.480 e. The summed E-state index contributed by atoms with van der Waals surface area (Å²) in [4.78, 5) is 14.9. The molecule has 4 rings (SSSR count). The van der Waals surface area contributed by atoms with E-state index in [-0.39, 0.29) is 0 Å². The predicted octanol–water partition coefficient (Wildman–Crippen LogP) is 5.33. The van der Waals surface area contributed by atoms with Gasteiger partial charge in [-0.05, 0) is 62.4 Å². The second-order valence-corrected chi connectivity index (χ2v) is 8.36. The number of hydrogen-bond donors (Lipinski definition) is 3. The van der Waals surface area contributed by atoms with E-state index in [1.807, 2.05) is 48.5 Å². The topological polar surface area (TPSA) is 94.8 Å². The van der Waals surface area contributed by atoms with Crippen LogP contribution < -0.4 is 5.32 Å². The fourth-order valence-electron chi connectivity index (χ4n) is 3.09. The minimum absolute atomic E-state index is 0.542. The van der Waals surface area contributed by atoms with Crippen molar-refractivity contribution in [2.45, 2.75) is 6.04 Å². The van der Waals surface area contributed by atoms with E-state index in [0.29, 0.717) is 0 Å². The van der Waals surface area contributed by atoms with Crippen molar-refractivity contribution in [1.82, 2.24) is 4.37 Å². The molecular weight excluding hydrogens is 478 g/mol. The van der Waals surface area contributed by atoms with Crippen LogP contribution in [-0.2, 0) is 4.79 Å². The molecule has 3 N–H and O–H groups in total. The second kappa shape index (κ2) is 9.38. The van der Waals surface area contributed by atoms with Gasteiger partial charge in [0.25, 0.3) is 0 Å². The molecule has 1 atom stereocenters. The maximum Gasteiger partial charge on any atom is 0.330 e. The van der Waals surface area contributed by atoms with Crippen LogP contribution in [0.4, 0.5) is 11.5 Å². The van der Waals surface area contributed by atoms with Crippen LogP contribution in [0.2, 0.25) is 0 Å². The molecule has 0 radical (unpaired) electrons. The van der Waals surface area contributed by atoms with Gasteiger partial charge in [-0.25, -0.2) is 4.79 Å². The number of aliphatic carboxylic acids is 1. The van der Waals surface area contributed by atoms with Gasteiger partial charge in [-0.15, -0.1) is 0 Å². The number of anilines is 2. The number of rotatable bonds is 7. The summed E-state index contributed by atoms with van der Waals surface area (Å²) >= 11 is 5.06. The SMILES string of the molecule is O=C(O)[C@H](CO)N=Cc1ccc2c(Nc3cccc(-c4ccccc4)c3Br)nsc2c1. The zero-order valence-corrected chi connectivity index (χ0v) is 18.6. The quantitative estimate of drug-likeness (QED) is 0.301. The van der Waals surface area contributed by atoms with Gasteiger partial charge >= 0.3 is 5.97 Å². The molecule has 0 spiro atoms. The highest BCUT2D eigenvalue weighted by Gasteiger charge is 2.14. The van der Waals surface area contributed by atoms with Crippen LogP contribution in [0.25, 0.3) is 21.2 Å². The summed E-state index contributed by atoms with van der Waals surface area (Å²) in [5.74, 6) is -0.416. The Labute approximate surface area is 191 Å². The maximum absolute atomic E-state index is 11.0. The first-order chi connectivity index (χ1) is 15.1. The van der Waals surface area contributed by atoms with E-state index in [0.717, 1.165) is 42.8 Å². The molecule has 0 amide bonds. The lowest BCUT2D eigenvalue weighted by Gasteiger charge is -2.11. The molecule has 1 aromatic heterocycles. The lowest BCUT2D eigenvalue weighted by atomic mass is 10.1. The Morgan fingerprint density at radius 3 is 2.71 bits per heavy atom. The van der Waals surface area contributed by atoms with Crippen LogP contribution in [0, 0.1) is 0 Å². The normalized spacial score (nSPS) is 12.3. The number of hydrogen-bond acceptors (Lipinski definition) is 6. The molecule has 0 aliphatic carbocycles. The Morgan fingerprint density at radius 1 is 1.16 bits per heavy atom. The zero-order chi connectivity index (χ0) is 21.8. The first-order valence-electron chi connectivity index (χ1n) is 9.44. The van der Waals surface area contributed by atoms with E-state index in [9.17, 15) is 4.79 Å². The van der Waals surface area contributed by atoms with Crippen molar-refractivity contribution in [3.8, 4) is 11.1 Å². The van der Waals surface area contributed by atoms with Crippen molar-refractivity contribution in [2.75, 3.05) is 11.9 Å². The molecule has 8 heteroatoms. The minimum atomic E-state index is -1.16. The number of fused-ring (bicyclic) bond motifs is 1. The number of carboxylic acid groups (broad SMARTS) is 1. The van der Waals surface area contributed by atoms with Gasteiger partial charge in [0.05, 0.1) is 17.0 Å². The van der Waals surface area contributed by atoms with Gasteiger partial charge in [-0.3, -0.25) is 4.99 Å². The number of aliphatic hydroxyl groups is 1. The molecule has 31 heavy (non-hydrogen) atoms. The summed E-state index contributed by atoms with van der Waals surface area (Å²) in [6.45, 7) is -0.542. The van der Waals surface area contributed by atoms with Gasteiger partial charge in [0, 0.05) is 16.1 Å². The summed E-state index contributed by atoms with van der Waals surface area (Å²) in [6, 6.07) is 20.7. The first-order valence-corrected chi connectivity index (χ1v) is 11.0. The number of carbonyl (C=O) groups is 1. The summed E-state index contributed by atoms with van der Waals surface area (Å²) in [5.41, 5.74) is 3.86. The number of benzene rings is 3. The highest BCUT2D eigenvalue weighted by Crippen LogP contribution is 2.37. The first kappa shape index (κ1) is 21.2. The Balaban J connectivity index is 1.61. The predicted molar refractivity (Wildman–Crippen MR) is 129 cm³/mol. The van der Waals surface area contributed by atoms with Crippen LogP contribution >= 0.6 is 27.5 Å². The van der Waals surface area contributed by atoms with Crippen molar-refractivity contribution in [3.05, 3.63) is 76.8 Å². The Kier molecular flexibility index (Phi) is 6.41. The number of aliphatic hydroxyl groups excluding tert-OH is 1. The number of aliphatic imine (C=N–C) groups is 1. The van der Waals surface area contributed by atoms with E-state index < -0.39 is 18.6 Å². The molecule has 1 heterocycles. The highest BCUT2D eigenvalue weighted by molar-refractivity contribution is 9.10. The summed E-state index contributed by atoms with van der Waals surface area (Å²) in [7, 11) is 0. The third-order valence-electron chi connectivity index (χ3n) is 4.69. The number of nitrogens with one attached hydrogen (secondary N) is 1. The van der Waals surface area contributed by atoms with Crippen LogP contribution in [0.1, 0.15) is 5.56 Å². The third-order valence-corrected chi connectivity index (χ3v) is 6.36. The molecule has 4 aromatic rings. The summed E-state index contributed by atoms with van der Waals surface area (Å²) < 4.78 is 6.44. The third kappa shape index (κ3) is 4.66. The molecule has 0 saturated carbocycles. The molecule has 0 fully saturated rings. The molecule has 6 nitrogen and oxygen atoms in total. The van der Waals surface area contributed by atoms with Crippen molar-refractivity contribution in [1.29, 1.82) is 0 Å². The Hall–Kier alpha value is -3.07. The van der Waals surface area contributed by atoms with E-state index in [1.165, 1.54) is 17.7 Å². The van der Waals surface area contributed by atoms with E-state index in [4.69, 9.17) is 10.2 Å². The number of nitrogens with zero attached hydrogens (tertiary/aromatic N) is 2. The van der Waals surface area contributed by atoms with E-state index in [2.05, 4.69) is 48.8 Å². The monoisotopic (exact) mass is 495 g/mol. The molecular formula is C23H18BrN3O3S. The smallest absolute Gasteiger partial charge is 0.330 e. The number of halogens is 1. The molecule has 0 unspecified atom stereocenters. The van der Waals surface area contributed by atoms with Crippen LogP contribution in [0.5, 0.6) is 0 Å². The van der Waals surface area contributed by atoms with Gasteiger partial charge in [0.2, 0.25) is 0 Å². The van der Waals surface area contributed by atoms with Crippen molar-refractivity contribution >= 4 is 61.2 Å². The lowest BCUT2D eigenvalue weighted by molar-refractivity contribution is -0.139. The highest BCUT2D eigenvalue weighted by atomic mass is 79.9. The maximum atomic E-state index is 11.0. The number of aromatic nitrogens is 1. The van der Waals surface area contributed by atoms with E-state index in [1.54, 1.807) is 0 Å². The van der Waals surface area contributed by atoms with Crippen molar-refractivity contribution in [2.24, 2.45) is 4.99 Å². The van der Waals surface area contributed by atoms with E-state index >= 15 is 0 Å². The molecule has 156 valence electrons. The summed E-state index contributed by atoms with van der Waals surface area (Å²) in [6.07, 6.45) is 1.46. The van der Waals surface area contributed by atoms with Gasteiger partial charge in [-0.2, -0.15) is 4.37 Å². The lowest BCUT2D eigenvalue weighted by Crippen LogP contribution is -2.22. The second-order valence-electron chi connectivity index (χ2n) is 6.76. The van der Waals surface area contributed by atoms with Crippen LogP contribution in [0.3, 0.4) is 0 Å². The fraction of sp³-hybridized carbons (Fsp3) is 0.0870. The molecule has 0 bridgehead atoms. The average molecular weight is 496 g/mol. The number of carboxylic acids is 1. The van der Waals surface area contributed by atoms with Crippen LogP contribution in [0.15, 0.2) is 76.2 Å². The van der Waals surface area contributed by atoms with Gasteiger partial charge in [0.1, 0.15) is 0 Å². The van der Waals surface area contributed by atoms with Gasteiger partial charge < -0.3 is 15.5 Å². The van der Waals surface area contributed by atoms with Crippen molar-refractivity contribution < 1.29 is 15.0 Å².